The third-order valence-corrected chi connectivity index (χ3v) is 4.28. The van der Waals surface area contributed by atoms with Gasteiger partial charge in [-0.25, -0.2) is 4.79 Å². The molecule has 1 atom stereocenters. The maximum atomic E-state index is 12.4. The van der Waals surface area contributed by atoms with Crippen molar-refractivity contribution in [2.75, 3.05) is 13.7 Å². The Bertz CT molecular complexity index is 887. The van der Waals surface area contributed by atoms with Crippen LogP contribution in [0.25, 0.3) is 6.08 Å². The summed E-state index contributed by atoms with van der Waals surface area (Å²) in [6.45, 7) is -1.49. The number of rotatable bonds is 11. The zero-order chi connectivity index (χ0) is 22.6. The van der Waals surface area contributed by atoms with Crippen LogP contribution in [-0.2, 0) is 20.7 Å². The molecular weight excluding hydrogens is 408 g/mol. The van der Waals surface area contributed by atoms with Crippen LogP contribution in [0, 0.1) is 0 Å². The molecule has 1 N–H and O–H groups in total. The highest BCUT2D eigenvalue weighted by molar-refractivity contribution is 5.89. The van der Waals surface area contributed by atoms with Crippen LogP contribution in [-0.4, -0.2) is 38.2 Å². The summed E-state index contributed by atoms with van der Waals surface area (Å²) in [5.41, 5.74) is 1.69. The first kappa shape index (κ1) is 23.9. The Labute approximate surface area is 179 Å². The predicted octanol–water partition coefficient (Wildman–Crippen LogP) is 3.99. The zero-order valence-electron chi connectivity index (χ0n) is 17.3. The van der Waals surface area contributed by atoms with Crippen molar-refractivity contribution in [1.82, 2.24) is 5.32 Å². The second-order valence-corrected chi connectivity index (χ2v) is 6.72. The Hall–Kier alpha value is -3.42. The van der Waals surface area contributed by atoms with Gasteiger partial charge in [-0.15, -0.1) is 0 Å². The third kappa shape index (κ3) is 8.86. The zero-order valence-corrected chi connectivity index (χ0v) is 17.3. The number of aryl methyl sites for hydroxylation is 1. The Balaban J connectivity index is 1.76. The van der Waals surface area contributed by atoms with E-state index in [9.17, 15) is 18.4 Å². The lowest BCUT2D eigenvalue weighted by atomic mass is 10.1. The van der Waals surface area contributed by atoms with Gasteiger partial charge in [-0.3, -0.25) is 4.79 Å². The normalized spacial score (nSPS) is 11.9. The van der Waals surface area contributed by atoms with Gasteiger partial charge in [-0.1, -0.05) is 36.4 Å². The average molecular weight is 433 g/mol. The summed E-state index contributed by atoms with van der Waals surface area (Å²) in [6.07, 6.45) is 4.14. The highest BCUT2D eigenvalue weighted by atomic mass is 19.3. The fourth-order valence-corrected chi connectivity index (χ4v) is 2.75. The van der Waals surface area contributed by atoms with Gasteiger partial charge in [0.15, 0.2) is 18.1 Å². The lowest BCUT2D eigenvalue weighted by Gasteiger charge is -2.13. The third-order valence-electron chi connectivity index (χ3n) is 4.28. The molecule has 1 amide bonds. The first-order chi connectivity index (χ1) is 14.9. The minimum atomic E-state index is -2.97. The van der Waals surface area contributed by atoms with Crippen LogP contribution >= 0.6 is 0 Å². The number of nitrogens with one attached hydrogen (secondary N) is 1. The molecule has 2 rings (SSSR count). The summed E-state index contributed by atoms with van der Waals surface area (Å²) in [7, 11) is 1.31. The van der Waals surface area contributed by atoms with E-state index >= 15 is 0 Å². The van der Waals surface area contributed by atoms with Gasteiger partial charge < -0.3 is 19.5 Å². The van der Waals surface area contributed by atoms with Gasteiger partial charge in [0.25, 0.3) is 5.91 Å². The lowest BCUT2D eigenvalue weighted by Crippen LogP contribution is -2.36. The molecule has 0 aliphatic rings. The monoisotopic (exact) mass is 433 g/mol. The second kappa shape index (κ2) is 12.3. The molecule has 8 heteroatoms. The first-order valence-electron chi connectivity index (χ1n) is 9.68. The first-order valence-corrected chi connectivity index (χ1v) is 9.68. The van der Waals surface area contributed by atoms with E-state index in [0.717, 1.165) is 18.9 Å². The fraction of sp³-hybridized carbons (Fsp3) is 0.304. The number of alkyl halides is 2. The van der Waals surface area contributed by atoms with E-state index in [0.29, 0.717) is 5.56 Å². The topological polar surface area (TPSA) is 73.9 Å². The standard InChI is InChI=1S/C23H25F2NO5/c1-16(8-9-17-6-4-3-5-7-17)26-21(27)15-30-22(28)13-11-18-10-12-19(31-23(24)25)20(14-18)29-2/h3-7,10-14,16,23H,8-9,15H2,1-2H3,(H,26,27)/b13-11+. The van der Waals surface area contributed by atoms with E-state index < -0.39 is 25.1 Å². The average Bonchev–Trinajstić information content (AvgIpc) is 2.76. The summed E-state index contributed by atoms with van der Waals surface area (Å²) in [5.74, 6) is -1.12. The maximum absolute atomic E-state index is 12.4. The number of carbonyl (C=O) groups is 2. The number of hydrogen-bond acceptors (Lipinski definition) is 5. The van der Waals surface area contributed by atoms with Crippen molar-refractivity contribution in [2.24, 2.45) is 0 Å². The van der Waals surface area contributed by atoms with Gasteiger partial charge in [0.05, 0.1) is 7.11 Å². The molecule has 0 saturated carbocycles. The van der Waals surface area contributed by atoms with Crippen LogP contribution in [0.5, 0.6) is 11.5 Å². The predicted molar refractivity (Wildman–Crippen MR) is 112 cm³/mol. The smallest absolute Gasteiger partial charge is 0.387 e. The Morgan fingerprint density at radius 1 is 1.10 bits per heavy atom. The molecule has 31 heavy (non-hydrogen) atoms. The fourth-order valence-electron chi connectivity index (χ4n) is 2.75. The molecule has 0 bridgehead atoms. The molecule has 2 aromatic carbocycles. The molecule has 166 valence electrons. The van der Waals surface area contributed by atoms with E-state index in [1.807, 2.05) is 37.3 Å². The SMILES string of the molecule is COc1cc(/C=C/C(=O)OCC(=O)NC(C)CCc2ccccc2)ccc1OC(F)F. The molecule has 0 radical (unpaired) electrons. The van der Waals surface area contributed by atoms with Gasteiger partial charge in [0, 0.05) is 12.1 Å². The van der Waals surface area contributed by atoms with Crippen molar-refractivity contribution in [3.05, 3.63) is 65.7 Å². The van der Waals surface area contributed by atoms with Crippen molar-refractivity contribution < 1.29 is 32.6 Å². The summed E-state index contributed by atoms with van der Waals surface area (Å²) < 4.78 is 39.0. The van der Waals surface area contributed by atoms with Crippen LogP contribution in [0.1, 0.15) is 24.5 Å². The van der Waals surface area contributed by atoms with Crippen LogP contribution < -0.4 is 14.8 Å². The number of hydrogen-bond donors (Lipinski definition) is 1. The summed E-state index contributed by atoms with van der Waals surface area (Å²) >= 11 is 0. The van der Waals surface area contributed by atoms with Crippen LogP contribution in [0.15, 0.2) is 54.6 Å². The number of carbonyl (C=O) groups excluding carboxylic acids is 2. The molecular formula is C23H25F2NO5. The number of esters is 1. The molecule has 0 aliphatic carbocycles. The van der Waals surface area contributed by atoms with Gasteiger partial charge >= 0.3 is 12.6 Å². The highest BCUT2D eigenvalue weighted by Crippen LogP contribution is 2.29. The van der Waals surface area contributed by atoms with Gasteiger partial charge in [0.2, 0.25) is 0 Å². The van der Waals surface area contributed by atoms with Crippen molar-refractivity contribution in [3.8, 4) is 11.5 Å². The summed E-state index contributed by atoms with van der Waals surface area (Å²) in [6, 6.07) is 14.1. The summed E-state index contributed by atoms with van der Waals surface area (Å²) in [4.78, 5) is 23.8. The number of methoxy groups -OCH3 is 1. The Morgan fingerprint density at radius 2 is 1.84 bits per heavy atom. The highest BCUT2D eigenvalue weighted by Gasteiger charge is 2.11. The van der Waals surface area contributed by atoms with E-state index in [-0.39, 0.29) is 17.5 Å². The van der Waals surface area contributed by atoms with Gasteiger partial charge in [-0.2, -0.15) is 8.78 Å². The van der Waals surface area contributed by atoms with E-state index in [1.54, 1.807) is 0 Å². The molecule has 0 aromatic heterocycles. The quantitative estimate of drug-likeness (QED) is 0.429. The van der Waals surface area contributed by atoms with Gasteiger partial charge in [0.1, 0.15) is 0 Å². The molecule has 0 fully saturated rings. The van der Waals surface area contributed by atoms with Crippen LogP contribution in [0.3, 0.4) is 0 Å². The van der Waals surface area contributed by atoms with Crippen molar-refractivity contribution in [2.45, 2.75) is 32.4 Å². The molecule has 0 aliphatic heterocycles. The number of amides is 1. The molecule has 1 unspecified atom stereocenters. The van der Waals surface area contributed by atoms with E-state index in [1.165, 1.54) is 36.9 Å². The second-order valence-electron chi connectivity index (χ2n) is 6.72. The molecule has 0 saturated heterocycles. The van der Waals surface area contributed by atoms with Crippen molar-refractivity contribution in [3.63, 3.8) is 0 Å². The maximum Gasteiger partial charge on any atom is 0.387 e. The molecule has 2 aromatic rings. The number of ether oxygens (including phenoxy) is 3. The van der Waals surface area contributed by atoms with Crippen LogP contribution in [0.4, 0.5) is 8.78 Å². The van der Waals surface area contributed by atoms with Crippen molar-refractivity contribution >= 4 is 18.0 Å². The minimum absolute atomic E-state index is 0.0663. The van der Waals surface area contributed by atoms with Crippen molar-refractivity contribution in [1.29, 1.82) is 0 Å². The van der Waals surface area contributed by atoms with Crippen LogP contribution in [0.2, 0.25) is 0 Å². The number of halogens is 2. The minimum Gasteiger partial charge on any atom is -0.493 e. The molecule has 6 nitrogen and oxygen atoms in total. The Morgan fingerprint density at radius 3 is 2.52 bits per heavy atom. The molecule has 0 spiro atoms. The summed E-state index contributed by atoms with van der Waals surface area (Å²) in [5, 5.41) is 2.78. The largest absolute Gasteiger partial charge is 0.493 e. The Kier molecular flexibility index (Phi) is 9.48. The van der Waals surface area contributed by atoms with Gasteiger partial charge in [-0.05, 0) is 49.1 Å². The molecule has 0 heterocycles. The van der Waals surface area contributed by atoms with E-state index in [2.05, 4.69) is 10.1 Å². The van der Waals surface area contributed by atoms with E-state index in [4.69, 9.17) is 9.47 Å². The lowest BCUT2D eigenvalue weighted by molar-refractivity contribution is -0.144. The number of benzene rings is 2.